The van der Waals surface area contributed by atoms with E-state index in [-0.39, 0.29) is 5.91 Å². The van der Waals surface area contributed by atoms with Crippen LogP contribution < -0.4 is 4.90 Å². The van der Waals surface area contributed by atoms with E-state index in [1.807, 2.05) is 12.1 Å². The molecule has 1 N–H and O–H groups in total. The molecular formula is C11H11NO4. The van der Waals surface area contributed by atoms with Gasteiger partial charge in [-0.25, -0.2) is 4.79 Å². The van der Waals surface area contributed by atoms with Crippen LogP contribution in [0.4, 0.5) is 10.5 Å². The first-order valence-corrected chi connectivity index (χ1v) is 4.87. The van der Waals surface area contributed by atoms with Gasteiger partial charge in [0.15, 0.2) is 6.23 Å². The highest BCUT2D eigenvalue weighted by molar-refractivity contribution is 5.94. The first kappa shape index (κ1) is 10.5. The molecule has 0 aromatic heterocycles. The van der Waals surface area contributed by atoms with Crippen LogP contribution in [0.1, 0.15) is 12.5 Å². The molecule has 1 amide bonds. The third-order valence-corrected chi connectivity index (χ3v) is 2.51. The van der Waals surface area contributed by atoms with Gasteiger partial charge in [0.1, 0.15) is 0 Å². The Kier molecular flexibility index (Phi) is 2.52. The lowest BCUT2D eigenvalue weighted by molar-refractivity contribution is -0.118. The summed E-state index contributed by atoms with van der Waals surface area (Å²) in [6.45, 7) is 1.39. The molecule has 1 aliphatic rings. The van der Waals surface area contributed by atoms with Gasteiger partial charge in [0.2, 0.25) is 5.91 Å². The Morgan fingerprint density at radius 3 is 2.75 bits per heavy atom. The van der Waals surface area contributed by atoms with Crippen LogP contribution in [-0.2, 0) is 16.0 Å². The lowest BCUT2D eigenvalue weighted by atomic mass is 10.2. The van der Waals surface area contributed by atoms with Gasteiger partial charge in [-0.15, -0.1) is 0 Å². The van der Waals surface area contributed by atoms with E-state index in [0.717, 1.165) is 11.3 Å². The number of anilines is 1. The fourth-order valence-corrected chi connectivity index (χ4v) is 1.94. The molecule has 0 bridgehead atoms. The molecule has 1 aromatic rings. The number of hydrogen-bond donors (Lipinski definition) is 1. The second-order valence-electron chi connectivity index (χ2n) is 3.56. The van der Waals surface area contributed by atoms with Crippen molar-refractivity contribution in [3.8, 4) is 0 Å². The Balaban J connectivity index is 2.33. The largest absolute Gasteiger partial charge is 0.507 e. The van der Waals surface area contributed by atoms with E-state index in [2.05, 4.69) is 4.74 Å². The molecule has 1 aliphatic heterocycles. The fraction of sp³-hybridized carbons (Fsp3) is 0.273. The number of benzene rings is 1. The van der Waals surface area contributed by atoms with Gasteiger partial charge < -0.3 is 9.84 Å². The van der Waals surface area contributed by atoms with E-state index in [1.165, 1.54) is 11.8 Å². The van der Waals surface area contributed by atoms with Crippen LogP contribution in [0.3, 0.4) is 0 Å². The molecule has 84 valence electrons. The zero-order valence-electron chi connectivity index (χ0n) is 8.71. The van der Waals surface area contributed by atoms with Crippen molar-refractivity contribution < 1.29 is 19.4 Å². The average Bonchev–Trinajstić information content (AvgIpc) is 2.53. The van der Waals surface area contributed by atoms with E-state index in [1.54, 1.807) is 12.1 Å². The van der Waals surface area contributed by atoms with Crippen molar-refractivity contribution in [3.05, 3.63) is 29.8 Å². The van der Waals surface area contributed by atoms with Gasteiger partial charge in [-0.3, -0.25) is 9.69 Å². The maximum Gasteiger partial charge on any atom is 0.507 e. The van der Waals surface area contributed by atoms with E-state index < -0.39 is 12.4 Å². The lowest BCUT2D eigenvalue weighted by Crippen LogP contribution is -2.39. The second-order valence-corrected chi connectivity index (χ2v) is 3.56. The summed E-state index contributed by atoms with van der Waals surface area (Å²) in [5, 5.41) is 8.59. The highest BCUT2D eigenvalue weighted by Gasteiger charge is 2.34. The Bertz CT molecular complexity index is 443. The summed E-state index contributed by atoms with van der Waals surface area (Å²) in [6.07, 6.45) is -1.71. The molecule has 1 heterocycles. The van der Waals surface area contributed by atoms with Crippen LogP contribution in [0, 0.1) is 0 Å². The van der Waals surface area contributed by atoms with Crippen molar-refractivity contribution in [3.63, 3.8) is 0 Å². The Morgan fingerprint density at radius 2 is 2.12 bits per heavy atom. The van der Waals surface area contributed by atoms with E-state index in [9.17, 15) is 9.59 Å². The highest BCUT2D eigenvalue weighted by atomic mass is 16.7. The minimum atomic E-state index is -1.37. The number of carboxylic acid groups (broad SMARTS) is 1. The first-order valence-electron chi connectivity index (χ1n) is 4.87. The van der Waals surface area contributed by atoms with Crippen LogP contribution in [-0.4, -0.2) is 23.4 Å². The first-order chi connectivity index (χ1) is 7.59. The molecule has 0 aliphatic carbocycles. The minimum absolute atomic E-state index is 0.226. The molecule has 1 atom stereocenters. The smallest absolute Gasteiger partial charge is 0.450 e. The number of amides is 1. The van der Waals surface area contributed by atoms with E-state index >= 15 is 0 Å². The van der Waals surface area contributed by atoms with Crippen LogP contribution in [0.15, 0.2) is 24.3 Å². The summed E-state index contributed by atoms with van der Waals surface area (Å²) < 4.78 is 4.69. The van der Waals surface area contributed by atoms with Gasteiger partial charge in [-0.05, 0) is 11.6 Å². The number of nitrogens with zero attached hydrogens (tertiary/aromatic N) is 1. The molecule has 0 radical (unpaired) electrons. The zero-order chi connectivity index (χ0) is 11.7. The molecular weight excluding hydrogens is 210 g/mol. The molecule has 5 heteroatoms. The number of para-hydroxylation sites is 1. The summed E-state index contributed by atoms with van der Waals surface area (Å²) in [6, 6.07) is 7.29. The molecule has 2 rings (SSSR count). The zero-order valence-corrected chi connectivity index (χ0v) is 8.71. The normalized spacial score (nSPS) is 18.1. The van der Waals surface area contributed by atoms with E-state index in [4.69, 9.17) is 5.11 Å². The summed E-state index contributed by atoms with van der Waals surface area (Å²) >= 11 is 0. The average molecular weight is 221 g/mol. The summed E-state index contributed by atoms with van der Waals surface area (Å²) in [5.41, 5.74) is 1.64. The molecule has 5 nitrogen and oxygen atoms in total. The van der Waals surface area contributed by atoms with Gasteiger partial charge in [0.05, 0.1) is 5.69 Å². The second kappa shape index (κ2) is 3.84. The van der Waals surface area contributed by atoms with Gasteiger partial charge in [-0.2, -0.15) is 0 Å². The van der Waals surface area contributed by atoms with Gasteiger partial charge >= 0.3 is 6.16 Å². The Morgan fingerprint density at radius 1 is 1.44 bits per heavy atom. The number of carbonyl (C=O) groups excluding carboxylic acids is 1. The summed E-state index contributed by atoms with van der Waals surface area (Å²) in [5.74, 6) is -0.226. The molecule has 1 aromatic carbocycles. The number of fused-ring (bicyclic) bond motifs is 1. The van der Waals surface area contributed by atoms with Gasteiger partial charge in [-0.1, -0.05) is 18.2 Å². The number of carbonyl (C=O) groups is 2. The number of hydrogen-bond acceptors (Lipinski definition) is 3. The standard InChI is InChI=1S/C11H11NO4/c1-7(13)12-9-5-3-2-4-8(9)6-10(12)16-11(14)15/h2-5,10H,6H2,1H3,(H,14,15)/t10-/m0/s1. The van der Waals surface area contributed by atoms with Crippen molar-refractivity contribution in [1.82, 2.24) is 0 Å². The molecule has 0 spiro atoms. The molecule has 0 saturated carbocycles. The molecule has 16 heavy (non-hydrogen) atoms. The van der Waals surface area contributed by atoms with Gasteiger partial charge in [0, 0.05) is 13.3 Å². The van der Waals surface area contributed by atoms with Crippen LogP contribution in [0.2, 0.25) is 0 Å². The SMILES string of the molecule is CC(=O)N1c2ccccc2C[C@@H]1OC(=O)O. The number of ether oxygens (including phenoxy) is 1. The maximum atomic E-state index is 11.5. The van der Waals surface area contributed by atoms with Crippen molar-refractivity contribution in [2.75, 3.05) is 4.90 Å². The maximum absolute atomic E-state index is 11.5. The van der Waals surface area contributed by atoms with Crippen LogP contribution >= 0.6 is 0 Å². The predicted molar refractivity (Wildman–Crippen MR) is 56.2 cm³/mol. The molecule has 0 saturated heterocycles. The summed E-state index contributed by atoms with van der Waals surface area (Å²) in [7, 11) is 0. The Labute approximate surface area is 92.2 Å². The lowest BCUT2D eigenvalue weighted by Gasteiger charge is -2.22. The molecule has 0 unspecified atom stereocenters. The topological polar surface area (TPSA) is 66.8 Å². The third-order valence-electron chi connectivity index (χ3n) is 2.51. The van der Waals surface area contributed by atoms with Crippen LogP contribution in [0.5, 0.6) is 0 Å². The molecule has 0 fully saturated rings. The highest BCUT2D eigenvalue weighted by Crippen LogP contribution is 2.32. The minimum Gasteiger partial charge on any atom is -0.450 e. The van der Waals surface area contributed by atoms with Crippen molar-refractivity contribution >= 4 is 17.7 Å². The monoisotopic (exact) mass is 221 g/mol. The van der Waals surface area contributed by atoms with Crippen molar-refractivity contribution in [2.24, 2.45) is 0 Å². The Hall–Kier alpha value is -2.04. The van der Waals surface area contributed by atoms with E-state index in [0.29, 0.717) is 6.42 Å². The fourth-order valence-electron chi connectivity index (χ4n) is 1.94. The summed E-state index contributed by atoms with van der Waals surface area (Å²) in [4.78, 5) is 23.3. The third kappa shape index (κ3) is 1.71. The predicted octanol–water partition coefficient (Wildman–Crippen LogP) is 1.62. The van der Waals surface area contributed by atoms with Crippen LogP contribution in [0.25, 0.3) is 0 Å². The number of rotatable bonds is 1. The van der Waals surface area contributed by atoms with Gasteiger partial charge in [0.25, 0.3) is 0 Å². The van der Waals surface area contributed by atoms with Crippen molar-refractivity contribution in [2.45, 2.75) is 19.6 Å². The van der Waals surface area contributed by atoms with Crippen molar-refractivity contribution in [1.29, 1.82) is 0 Å². The quantitative estimate of drug-likeness (QED) is 0.731.